The molecule has 3 amide bonds. The molecule has 0 fully saturated rings. The summed E-state index contributed by atoms with van der Waals surface area (Å²) in [5.74, 6) is -1.29. The summed E-state index contributed by atoms with van der Waals surface area (Å²) in [6.45, 7) is 2.31. The Labute approximate surface area is 181 Å². The van der Waals surface area contributed by atoms with Gasteiger partial charge in [0.05, 0.1) is 11.1 Å². The number of hydrogen-bond acceptors (Lipinski definition) is 4. The van der Waals surface area contributed by atoms with E-state index in [4.69, 9.17) is 0 Å². The smallest absolute Gasteiger partial charge is 0.262 e. The fourth-order valence-electron chi connectivity index (χ4n) is 3.64. The summed E-state index contributed by atoms with van der Waals surface area (Å²) < 4.78 is 0. The highest BCUT2D eigenvalue weighted by Gasteiger charge is 2.36. The maximum atomic E-state index is 12.5. The average Bonchev–Trinajstić information content (AvgIpc) is 2.99. The molecule has 6 heteroatoms. The SMILES string of the molecule is Cc1ccc2c(c1)C(=O)N(CC(=O)Nc1ccc(N(C)Cc3ccccc3)cc1)C2=O. The molecule has 0 spiro atoms. The number of benzene rings is 3. The lowest BCUT2D eigenvalue weighted by molar-refractivity contribution is -0.116. The van der Waals surface area contributed by atoms with E-state index in [1.54, 1.807) is 30.3 Å². The molecule has 0 atom stereocenters. The van der Waals surface area contributed by atoms with E-state index in [1.165, 1.54) is 5.56 Å². The van der Waals surface area contributed by atoms with Crippen LogP contribution in [0.15, 0.2) is 72.8 Å². The molecule has 3 aromatic rings. The second kappa shape index (κ2) is 8.44. The lowest BCUT2D eigenvalue weighted by Crippen LogP contribution is -2.37. The molecule has 4 rings (SSSR count). The Bertz CT molecular complexity index is 1140. The second-order valence-electron chi connectivity index (χ2n) is 7.68. The highest BCUT2D eigenvalue weighted by atomic mass is 16.2. The molecular weight excluding hydrogens is 390 g/mol. The fourth-order valence-corrected chi connectivity index (χ4v) is 3.64. The molecule has 0 aliphatic carbocycles. The Balaban J connectivity index is 1.37. The molecule has 1 N–H and O–H groups in total. The number of carbonyl (C=O) groups excluding carboxylic acids is 3. The van der Waals surface area contributed by atoms with Gasteiger partial charge in [-0.15, -0.1) is 0 Å². The molecule has 31 heavy (non-hydrogen) atoms. The van der Waals surface area contributed by atoms with E-state index in [0.717, 1.165) is 22.7 Å². The van der Waals surface area contributed by atoms with Crippen molar-refractivity contribution in [1.29, 1.82) is 0 Å². The Morgan fingerprint density at radius 1 is 0.903 bits per heavy atom. The third kappa shape index (κ3) is 4.33. The van der Waals surface area contributed by atoms with Gasteiger partial charge in [0.25, 0.3) is 11.8 Å². The Kier molecular flexibility index (Phi) is 5.54. The zero-order chi connectivity index (χ0) is 22.0. The lowest BCUT2D eigenvalue weighted by Gasteiger charge is -2.20. The van der Waals surface area contributed by atoms with Gasteiger partial charge in [-0.1, -0.05) is 42.0 Å². The summed E-state index contributed by atoms with van der Waals surface area (Å²) in [4.78, 5) is 40.6. The molecule has 156 valence electrons. The van der Waals surface area contributed by atoms with Crippen molar-refractivity contribution >= 4 is 29.1 Å². The standard InChI is InChI=1S/C25H23N3O3/c1-17-8-13-21-22(14-17)25(31)28(24(21)30)16-23(29)26-19-9-11-20(12-10-19)27(2)15-18-6-4-3-5-7-18/h3-14H,15-16H2,1-2H3,(H,26,29). The van der Waals surface area contributed by atoms with E-state index in [0.29, 0.717) is 16.8 Å². The molecule has 0 bridgehead atoms. The molecule has 6 nitrogen and oxygen atoms in total. The van der Waals surface area contributed by atoms with Gasteiger partial charge in [-0.2, -0.15) is 0 Å². The first-order valence-corrected chi connectivity index (χ1v) is 10.0. The van der Waals surface area contributed by atoms with Gasteiger partial charge in [0.1, 0.15) is 6.54 Å². The molecule has 1 aliphatic rings. The lowest BCUT2D eigenvalue weighted by atomic mass is 10.1. The fraction of sp³-hybridized carbons (Fsp3) is 0.160. The summed E-state index contributed by atoms with van der Waals surface area (Å²) in [6.07, 6.45) is 0. The molecule has 0 unspecified atom stereocenters. The first-order chi connectivity index (χ1) is 14.9. The number of nitrogens with one attached hydrogen (secondary N) is 1. The van der Waals surface area contributed by atoms with Crippen LogP contribution < -0.4 is 10.2 Å². The molecule has 0 saturated heterocycles. The maximum Gasteiger partial charge on any atom is 0.262 e. The minimum atomic E-state index is -0.437. The van der Waals surface area contributed by atoms with E-state index in [-0.39, 0.29) is 6.54 Å². The molecule has 0 saturated carbocycles. The minimum Gasteiger partial charge on any atom is -0.370 e. The summed E-state index contributed by atoms with van der Waals surface area (Å²) in [5, 5.41) is 2.76. The van der Waals surface area contributed by atoms with Crippen molar-refractivity contribution in [2.24, 2.45) is 0 Å². The summed E-state index contributed by atoms with van der Waals surface area (Å²) >= 11 is 0. The monoisotopic (exact) mass is 413 g/mol. The summed E-state index contributed by atoms with van der Waals surface area (Å²) in [7, 11) is 2.00. The van der Waals surface area contributed by atoms with Crippen molar-refractivity contribution in [3.8, 4) is 0 Å². The Hall–Kier alpha value is -3.93. The van der Waals surface area contributed by atoms with Crippen LogP contribution in [-0.2, 0) is 11.3 Å². The van der Waals surface area contributed by atoms with Crippen molar-refractivity contribution in [2.45, 2.75) is 13.5 Å². The van der Waals surface area contributed by atoms with Crippen LogP contribution in [0.2, 0.25) is 0 Å². The largest absolute Gasteiger partial charge is 0.370 e. The number of nitrogens with zero attached hydrogens (tertiary/aromatic N) is 2. The van der Waals surface area contributed by atoms with Crippen molar-refractivity contribution in [3.05, 3.63) is 95.1 Å². The topological polar surface area (TPSA) is 69.7 Å². The van der Waals surface area contributed by atoms with Gasteiger partial charge in [0.15, 0.2) is 0 Å². The van der Waals surface area contributed by atoms with E-state index in [9.17, 15) is 14.4 Å². The first kappa shape index (κ1) is 20.3. The van der Waals surface area contributed by atoms with Gasteiger partial charge in [-0.05, 0) is 48.9 Å². The van der Waals surface area contributed by atoms with E-state index in [1.807, 2.05) is 44.3 Å². The van der Waals surface area contributed by atoms with E-state index in [2.05, 4.69) is 22.3 Å². The Morgan fingerprint density at radius 3 is 2.29 bits per heavy atom. The summed E-state index contributed by atoms with van der Waals surface area (Å²) in [6, 6.07) is 22.7. The molecule has 3 aromatic carbocycles. The van der Waals surface area contributed by atoms with Crippen LogP contribution in [0.4, 0.5) is 11.4 Å². The van der Waals surface area contributed by atoms with Gasteiger partial charge < -0.3 is 10.2 Å². The normalized spacial score (nSPS) is 12.6. The maximum absolute atomic E-state index is 12.5. The molecule has 1 heterocycles. The Morgan fingerprint density at radius 2 is 1.58 bits per heavy atom. The number of imide groups is 1. The van der Waals surface area contributed by atoms with Crippen LogP contribution in [-0.4, -0.2) is 36.2 Å². The van der Waals surface area contributed by atoms with Crippen LogP contribution in [0, 0.1) is 6.92 Å². The molecule has 0 aromatic heterocycles. The average molecular weight is 413 g/mol. The number of fused-ring (bicyclic) bond motifs is 1. The number of amides is 3. The van der Waals surface area contributed by atoms with Gasteiger partial charge in [0, 0.05) is 25.0 Å². The molecular formula is C25H23N3O3. The van der Waals surface area contributed by atoms with Crippen LogP contribution in [0.25, 0.3) is 0 Å². The van der Waals surface area contributed by atoms with Crippen LogP contribution in [0.1, 0.15) is 31.8 Å². The van der Waals surface area contributed by atoms with Crippen molar-refractivity contribution in [1.82, 2.24) is 4.90 Å². The number of aryl methyl sites for hydroxylation is 1. The number of carbonyl (C=O) groups is 3. The van der Waals surface area contributed by atoms with E-state index < -0.39 is 17.7 Å². The van der Waals surface area contributed by atoms with Crippen molar-refractivity contribution < 1.29 is 14.4 Å². The van der Waals surface area contributed by atoms with Gasteiger partial charge in [0.2, 0.25) is 5.91 Å². The summed E-state index contributed by atoms with van der Waals surface area (Å²) in [5.41, 5.74) is 4.41. The number of hydrogen-bond donors (Lipinski definition) is 1. The van der Waals surface area contributed by atoms with E-state index >= 15 is 0 Å². The zero-order valence-corrected chi connectivity index (χ0v) is 17.5. The second-order valence-corrected chi connectivity index (χ2v) is 7.68. The molecule has 1 aliphatic heterocycles. The third-order valence-corrected chi connectivity index (χ3v) is 5.28. The first-order valence-electron chi connectivity index (χ1n) is 10.0. The van der Waals surface area contributed by atoms with Crippen LogP contribution in [0.5, 0.6) is 0 Å². The third-order valence-electron chi connectivity index (χ3n) is 5.28. The van der Waals surface area contributed by atoms with Crippen molar-refractivity contribution in [3.63, 3.8) is 0 Å². The minimum absolute atomic E-state index is 0.318. The highest BCUT2D eigenvalue weighted by Crippen LogP contribution is 2.24. The predicted molar refractivity (Wildman–Crippen MR) is 120 cm³/mol. The van der Waals surface area contributed by atoms with Gasteiger partial charge in [-0.3, -0.25) is 19.3 Å². The number of anilines is 2. The quantitative estimate of drug-likeness (QED) is 0.623. The molecule has 0 radical (unpaired) electrons. The van der Waals surface area contributed by atoms with Gasteiger partial charge >= 0.3 is 0 Å². The van der Waals surface area contributed by atoms with Gasteiger partial charge in [-0.25, -0.2) is 0 Å². The predicted octanol–water partition coefficient (Wildman–Crippen LogP) is 3.87. The van der Waals surface area contributed by atoms with Crippen LogP contribution >= 0.6 is 0 Å². The highest BCUT2D eigenvalue weighted by molar-refractivity contribution is 6.22. The van der Waals surface area contributed by atoms with Crippen LogP contribution in [0.3, 0.4) is 0 Å². The van der Waals surface area contributed by atoms with Crippen molar-refractivity contribution in [2.75, 3.05) is 23.8 Å². The zero-order valence-electron chi connectivity index (χ0n) is 17.5. The number of rotatable bonds is 6.